The molecule has 0 aromatic rings. The van der Waals surface area contributed by atoms with Crippen molar-refractivity contribution < 1.29 is 27.5 Å². The van der Waals surface area contributed by atoms with Gasteiger partial charge in [-0.1, -0.05) is 0 Å². The Balaban J connectivity index is 4.95. The summed E-state index contributed by atoms with van der Waals surface area (Å²) in [6.07, 6.45) is 0.823. The van der Waals surface area contributed by atoms with Crippen molar-refractivity contribution >= 4 is 33.6 Å². The first-order valence-corrected chi connectivity index (χ1v) is 6.32. The maximum Gasteiger partial charge on any atom is 0.326 e. The van der Waals surface area contributed by atoms with Gasteiger partial charge in [-0.05, 0) is 0 Å². The first-order valence-electron chi connectivity index (χ1n) is 4.00. The molecule has 16 heavy (non-hydrogen) atoms. The van der Waals surface area contributed by atoms with E-state index in [9.17, 15) is 18.0 Å². The van der Waals surface area contributed by atoms with Crippen LogP contribution in [0.1, 0.15) is 0 Å². The summed E-state index contributed by atoms with van der Waals surface area (Å²) in [5.41, 5.74) is 0. The molecule has 0 bridgehead atoms. The summed E-state index contributed by atoms with van der Waals surface area (Å²) >= 11 is 5.57. The smallest absolute Gasteiger partial charge is 0.326 e. The molecule has 2 atom stereocenters. The van der Waals surface area contributed by atoms with Gasteiger partial charge in [0.1, 0.15) is 6.04 Å². The molecule has 0 aromatic heterocycles. The lowest BCUT2D eigenvalue weighted by Gasteiger charge is -2.18. The predicted molar refractivity (Wildman–Crippen MR) is 55.4 cm³/mol. The van der Waals surface area contributed by atoms with Gasteiger partial charge in [-0.15, -0.1) is 11.6 Å². The average molecular weight is 274 g/mol. The van der Waals surface area contributed by atoms with Gasteiger partial charge >= 0.3 is 11.9 Å². The first-order chi connectivity index (χ1) is 7.22. The molecule has 0 radical (unpaired) electrons. The zero-order valence-corrected chi connectivity index (χ0v) is 10.5. The van der Waals surface area contributed by atoms with Crippen molar-refractivity contribution in [1.29, 1.82) is 0 Å². The van der Waals surface area contributed by atoms with Crippen molar-refractivity contribution in [2.75, 3.05) is 20.5 Å². The van der Waals surface area contributed by atoms with E-state index >= 15 is 0 Å². The van der Waals surface area contributed by atoms with Gasteiger partial charge in [0, 0.05) is 0 Å². The summed E-state index contributed by atoms with van der Waals surface area (Å²) in [5.74, 6) is -1.91. The minimum atomic E-state index is -3.71. The Labute approximate surface area is 98.1 Å². The number of carbonyl (C=O) groups excluding carboxylic acids is 2. The van der Waals surface area contributed by atoms with Crippen LogP contribution < -0.4 is 4.72 Å². The summed E-state index contributed by atoms with van der Waals surface area (Å²) in [6.45, 7) is 0. The largest absolute Gasteiger partial charge is 0.468 e. The van der Waals surface area contributed by atoms with Crippen LogP contribution in [0.4, 0.5) is 0 Å². The molecule has 7 nitrogen and oxygen atoms in total. The number of sulfonamides is 1. The SMILES string of the molecule is COC(=O)[C@@H](Cl)[C@@H](NS(C)(=O)=O)C(=O)OC. The van der Waals surface area contributed by atoms with Crippen LogP contribution in [-0.2, 0) is 29.1 Å². The number of methoxy groups -OCH3 is 2. The molecule has 0 heterocycles. The maximum absolute atomic E-state index is 11.2. The van der Waals surface area contributed by atoms with E-state index in [1.165, 1.54) is 0 Å². The number of rotatable bonds is 5. The topological polar surface area (TPSA) is 98.8 Å². The van der Waals surface area contributed by atoms with E-state index in [0.717, 1.165) is 20.5 Å². The van der Waals surface area contributed by atoms with Crippen LogP contribution in [0.3, 0.4) is 0 Å². The molecular weight excluding hydrogens is 262 g/mol. The van der Waals surface area contributed by atoms with Gasteiger partial charge < -0.3 is 9.47 Å². The quantitative estimate of drug-likeness (QED) is 0.502. The zero-order chi connectivity index (χ0) is 12.9. The van der Waals surface area contributed by atoms with E-state index in [1.807, 2.05) is 4.72 Å². The number of esters is 2. The number of nitrogens with one attached hydrogen (secondary N) is 1. The normalized spacial score (nSPS) is 15.0. The molecule has 0 aliphatic carbocycles. The van der Waals surface area contributed by atoms with E-state index in [0.29, 0.717) is 0 Å². The van der Waals surface area contributed by atoms with Crippen LogP contribution in [0.5, 0.6) is 0 Å². The summed E-state index contributed by atoms with van der Waals surface area (Å²) < 4.78 is 32.4. The summed E-state index contributed by atoms with van der Waals surface area (Å²) in [4.78, 5) is 22.3. The highest BCUT2D eigenvalue weighted by molar-refractivity contribution is 7.88. The number of halogens is 1. The van der Waals surface area contributed by atoms with Crippen LogP contribution in [0.2, 0.25) is 0 Å². The minimum Gasteiger partial charge on any atom is -0.468 e. The van der Waals surface area contributed by atoms with Crippen molar-refractivity contribution in [2.24, 2.45) is 0 Å². The van der Waals surface area contributed by atoms with Crippen molar-refractivity contribution in [3.05, 3.63) is 0 Å². The summed E-state index contributed by atoms with van der Waals surface area (Å²) in [5, 5.41) is -1.49. The van der Waals surface area contributed by atoms with Gasteiger partial charge in [0.15, 0.2) is 5.38 Å². The van der Waals surface area contributed by atoms with Crippen LogP contribution in [-0.4, -0.2) is 52.3 Å². The molecule has 0 aromatic carbocycles. The van der Waals surface area contributed by atoms with Gasteiger partial charge in [0.25, 0.3) is 0 Å². The fourth-order valence-corrected chi connectivity index (χ4v) is 1.86. The van der Waals surface area contributed by atoms with Gasteiger partial charge in [-0.3, -0.25) is 9.59 Å². The van der Waals surface area contributed by atoms with Gasteiger partial charge in [-0.2, -0.15) is 4.72 Å². The lowest BCUT2D eigenvalue weighted by molar-refractivity contribution is -0.148. The second kappa shape index (κ2) is 6.02. The van der Waals surface area contributed by atoms with E-state index in [4.69, 9.17) is 11.6 Å². The number of carbonyl (C=O) groups is 2. The second-order valence-corrected chi connectivity index (χ2v) is 5.07. The summed E-state index contributed by atoms with van der Waals surface area (Å²) in [7, 11) is -1.60. The number of hydrogen-bond acceptors (Lipinski definition) is 6. The number of hydrogen-bond donors (Lipinski definition) is 1. The highest BCUT2D eigenvalue weighted by Gasteiger charge is 2.36. The molecule has 0 saturated heterocycles. The Bertz CT molecular complexity index is 367. The fraction of sp³-hybridized carbons (Fsp3) is 0.714. The highest BCUT2D eigenvalue weighted by Crippen LogP contribution is 2.08. The Morgan fingerprint density at radius 2 is 1.62 bits per heavy atom. The molecule has 0 amide bonds. The van der Waals surface area contributed by atoms with Crippen LogP contribution in [0.15, 0.2) is 0 Å². The van der Waals surface area contributed by atoms with E-state index in [-0.39, 0.29) is 0 Å². The number of alkyl halides is 1. The van der Waals surface area contributed by atoms with E-state index in [1.54, 1.807) is 0 Å². The lowest BCUT2D eigenvalue weighted by atomic mass is 10.2. The lowest BCUT2D eigenvalue weighted by Crippen LogP contribution is -2.49. The van der Waals surface area contributed by atoms with Crippen molar-refractivity contribution in [3.63, 3.8) is 0 Å². The average Bonchev–Trinajstić information content (AvgIpc) is 2.21. The van der Waals surface area contributed by atoms with Crippen molar-refractivity contribution in [3.8, 4) is 0 Å². The Morgan fingerprint density at radius 3 is 1.94 bits per heavy atom. The van der Waals surface area contributed by atoms with Crippen molar-refractivity contribution in [2.45, 2.75) is 11.4 Å². The third kappa shape index (κ3) is 4.77. The molecule has 94 valence electrons. The van der Waals surface area contributed by atoms with Crippen molar-refractivity contribution in [1.82, 2.24) is 4.72 Å². The monoisotopic (exact) mass is 273 g/mol. The zero-order valence-electron chi connectivity index (χ0n) is 8.89. The Hall–Kier alpha value is -0.860. The molecule has 0 saturated carbocycles. The first kappa shape index (κ1) is 15.1. The molecular formula is C7H12ClNO6S. The molecule has 0 aliphatic heterocycles. The fourth-order valence-electron chi connectivity index (χ4n) is 0.834. The molecule has 0 fully saturated rings. The standard InChI is InChI=1S/C7H12ClNO6S/c1-14-6(10)4(8)5(7(11)15-2)9-16(3,12)13/h4-5,9H,1-3H3/t4-,5+/m0/s1. The Kier molecular flexibility index (Phi) is 5.70. The van der Waals surface area contributed by atoms with Crippen LogP contribution >= 0.6 is 11.6 Å². The van der Waals surface area contributed by atoms with Crippen LogP contribution in [0.25, 0.3) is 0 Å². The van der Waals surface area contributed by atoms with Gasteiger partial charge in [0.2, 0.25) is 10.0 Å². The second-order valence-electron chi connectivity index (χ2n) is 2.82. The molecule has 0 spiro atoms. The number of ether oxygens (including phenoxy) is 2. The summed E-state index contributed by atoms with van der Waals surface area (Å²) in [6, 6.07) is -1.52. The minimum absolute atomic E-state index is 0.823. The third-order valence-corrected chi connectivity index (χ3v) is 2.63. The third-order valence-electron chi connectivity index (χ3n) is 1.52. The molecule has 9 heteroatoms. The molecule has 0 aliphatic rings. The maximum atomic E-state index is 11.2. The van der Waals surface area contributed by atoms with Gasteiger partial charge in [0.05, 0.1) is 20.5 Å². The van der Waals surface area contributed by atoms with Crippen LogP contribution in [0, 0.1) is 0 Å². The predicted octanol–water partition coefficient (Wildman–Crippen LogP) is -1.14. The van der Waals surface area contributed by atoms with E-state index in [2.05, 4.69) is 9.47 Å². The van der Waals surface area contributed by atoms with E-state index < -0.39 is 33.4 Å². The molecule has 1 N–H and O–H groups in total. The molecule has 0 rings (SSSR count). The van der Waals surface area contributed by atoms with Gasteiger partial charge in [-0.25, -0.2) is 8.42 Å². The highest BCUT2D eigenvalue weighted by atomic mass is 35.5. The molecule has 0 unspecified atom stereocenters. The Morgan fingerprint density at radius 1 is 1.19 bits per heavy atom.